The Balaban J connectivity index is 1.98. The normalized spacial score (nSPS) is 22.7. The Morgan fingerprint density at radius 2 is 1.88 bits per heavy atom. The molecule has 172 valence electrons. The third-order valence-corrected chi connectivity index (χ3v) is 8.36. The van der Waals surface area contributed by atoms with E-state index in [0.717, 1.165) is 26.2 Å². The molecule has 2 aromatic rings. The van der Waals surface area contributed by atoms with Gasteiger partial charge in [0.15, 0.2) is 0 Å². The van der Waals surface area contributed by atoms with E-state index in [4.69, 9.17) is 5.53 Å². The molecule has 7 nitrogen and oxygen atoms in total. The molecule has 3 rings (SSSR count). The van der Waals surface area contributed by atoms with Crippen LogP contribution in [0.3, 0.4) is 0 Å². The van der Waals surface area contributed by atoms with Crippen molar-refractivity contribution in [2.45, 2.75) is 50.1 Å². The summed E-state index contributed by atoms with van der Waals surface area (Å²) in [4.78, 5) is 12.0. The zero-order valence-electron chi connectivity index (χ0n) is 18.0. The van der Waals surface area contributed by atoms with E-state index in [1.165, 1.54) is 4.31 Å². The highest BCUT2D eigenvalue weighted by Crippen LogP contribution is 2.39. The summed E-state index contributed by atoms with van der Waals surface area (Å²) in [7, 11) is -2.78. The van der Waals surface area contributed by atoms with Crippen molar-refractivity contribution in [1.82, 2.24) is 4.31 Å². The highest BCUT2D eigenvalue weighted by Gasteiger charge is 2.42. The van der Waals surface area contributed by atoms with Crippen LogP contribution >= 0.6 is 0 Å². The van der Waals surface area contributed by atoms with Gasteiger partial charge in [-0.3, -0.25) is 0 Å². The van der Waals surface area contributed by atoms with Gasteiger partial charge in [-0.25, -0.2) is 27.5 Å². The minimum Gasteiger partial charge on any atom is -0.467 e. The maximum Gasteiger partial charge on any atom is 0.340 e. The van der Waals surface area contributed by atoms with Gasteiger partial charge < -0.3 is 4.74 Å². The number of carbonyl (C=O) groups is 1. The van der Waals surface area contributed by atoms with E-state index in [0.29, 0.717) is 18.4 Å². The molecule has 32 heavy (non-hydrogen) atoms. The van der Waals surface area contributed by atoms with Gasteiger partial charge in [0.25, 0.3) is 0 Å². The summed E-state index contributed by atoms with van der Waals surface area (Å²) >= 11 is 0. The lowest BCUT2D eigenvalue weighted by Gasteiger charge is -2.37. The highest BCUT2D eigenvalue weighted by molar-refractivity contribution is 7.89. The Morgan fingerprint density at radius 1 is 1.22 bits per heavy atom. The summed E-state index contributed by atoms with van der Waals surface area (Å²) in [6, 6.07) is 10.0. The van der Waals surface area contributed by atoms with Crippen LogP contribution in [0, 0.1) is 17.2 Å². The summed E-state index contributed by atoms with van der Waals surface area (Å²) in [5.74, 6) is -2.90. The maximum atomic E-state index is 15.0. The van der Waals surface area contributed by atoms with Gasteiger partial charge in [0.2, 0.25) is 15.6 Å². The molecule has 0 spiro atoms. The smallest absolute Gasteiger partial charge is 0.340 e. The predicted molar refractivity (Wildman–Crippen MR) is 113 cm³/mol. The molecular weight excluding hydrogens is 440 g/mol. The first-order valence-corrected chi connectivity index (χ1v) is 11.6. The predicted octanol–water partition coefficient (Wildman–Crippen LogP) is 4.44. The van der Waals surface area contributed by atoms with Crippen LogP contribution in [-0.2, 0) is 31.6 Å². The number of methoxy groups -OCH3 is 1. The highest BCUT2D eigenvalue weighted by atomic mass is 32.2. The third-order valence-electron chi connectivity index (χ3n) is 5.99. The number of nitrogens with one attached hydrogen (secondary N) is 1. The molecule has 0 bridgehead atoms. The molecule has 2 aromatic carbocycles. The van der Waals surface area contributed by atoms with Crippen molar-refractivity contribution in [2.24, 2.45) is 5.11 Å². The zero-order chi connectivity index (χ0) is 23.7. The Hall–Kier alpha value is -2.72. The molecule has 1 unspecified atom stereocenters. The van der Waals surface area contributed by atoms with E-state index < -0.39 is 50.0 Å². The lowest BCUT2D eigenvalue weighted by Crippen LogP contribution is -2.45. The first-order valence-electron chi connectivity index (χ1n) is 10.1. The fourth-order valence-corrected chi connectivity index (χ4v) is 6.20. The summed E-state index contributed by atoms with van der Waals surface area (Å²) in [6.07, 6.45) is 1.00. The van der Waals surface area contributed by atoms with Crippen molar-refractivity contribution in [3.8, 4) is 0 Å². The lowest BCUT2D eigenvalue weighted by molar-refractivity contribution is -0.147. The zero-order valence-corrected chi connectivity index (χ0v) is 18.8. The molecule has 0 aliphatic carbocycles. The fourth-order valence-electron chi connectivity index (χ4n) is 4.02. The third kappa shape index (κ3) is 4.16. The van der Waals surface area contributed by atoms with E-state index >= 15 is 0 Å². The van der Waals surface area contributed by atoms with Crippen LogP contribution in [0.5, 0.6) is 0 Å². The van der Waals surface area contributed by atoms with Crippen LogP contribution in [0.4, 0.5) is 8.78 Å². The fraction of sp³-hybridized carbons (Fsp3) is 0.409. The van der Waals surface area contributed by atoms with Crippen molar-refractivity contribution in [3.05, 3.63) is 70.8 Å². The van der Waals surface area contributed by atoms with Gasteiger partial charge in [-0.15, -0.1) is 0 Å². The van der Waals surface area contributed by atoms with E-state index in [1.807, 2.05) is 0 Å². The van der Waals surface area contributed by atoms with Crippen molar-refractivity contribution in [2.75, 3.05) is 7.11 Å². The average Bonchev–Trinajstić information content (AvgIpc) is 2.77. The molecule has 10 heteroatoms. The van der Waals surface area contributed by atoms with Crippen LogP contribution in [0.2, 0.25) is 0 Å². The second-order valence-electron chi connectivity index (χ2n) is 8.01. The van der Waals surface area contributed by atoms with E-state index in [9.17, 15) is 22.0 Å². The molecule has 3 atom stereocenters. The topological polar surface area (TPSA) is 99.9 Å². The van der Waals surface area contributed by atoms with Crippen LogP contribution < -0.4 is 0 Å². The summed E-state index contributed by atoms with van der Waals surface area (Å²) in [6.45, 7) is 2.52. The van der Waals surface area contributed by atoms with Crippen molar-refractivity contribution >= 4 is 16.0 Å². The molecule has 1 N–H and O–H groups in total. The molecular formula is C22H25F2N3O4S. The molecule has 1 saturated heterocycles. The first kappa shape index (κ1) is 23.9. The molecule has 1 heterocycles. The van der Waals surface area contributed by atoms with Crippen molar-refractivity contribution in [1.29, 1.82) is 5.53 Å². The average molecular weight is 466 g/mol. The van der Waals surface area contributed by atoms with Crippen LogP contribution in [0.25, 0.3) is 0 Å². The largest absolute Gasteiger partial charge is 0.467 e. The molecule has 0 radical (unpaired) electrons. The van der Waals surface area contributed by atoms with Gasteiger partial charge in [-0.05, 0) is 44.4 Å². The molecule has 1 aliphatic rings. The number of hydrogen-bond acceptors (Lipinski definition) is 6. The second-order valence-corrected chi connectivity index (χ2v) is 10.1. The standard InChI is InChI=1S/C22H25F2N3O4S/c1-14-9-10-20(15-7-5-4-6-8-15)32(29,30)27(14)13-16-11-19(24)17(12-18(16)23)22(2,26-25)21(28)31-3/h4-8,11-12,14,20,25H,9-10,13H2,1-3H3/t14-,20+,22?/m0/s1. The second kappa shape index (κ2) is 9.03. The molecule has 1 fully saturated rings. The Labute approximate surface area is 185 Å². The lowest BCUT2D eigenvalue weighted by atomic mass is 9.91. The van der Waals surface area contributed by atoms with Gasteiger partial charge in [-0.1, -0.05) is 30.3 Å². The van der Waals surface area contributed by atoms with Crippen LogP contribution in [0.1, 0.15) is 48.6 Å². The number of sulfonamides is 1. The van der Waals surface area contributed by atoms with Gasteiger partial charge in [0.1, 0.15) is 16.9 Å². The van der Waals surface area contributed by atoms with Gasteiger partial charge in [0.05, 0.1) is 7.11 Å². The number of esters is 1. The number of hydrogen-bond donors (Lipinski definition) is 1. The van der Waals surface area contributed by atoms with E-state index in [1.54, 1.807) is 37.3 Å². The molecule has 0 aromatic heterocycles. The molecule has 0 amide bonds. The summed E-state index contributed by atoms with van der Waals surface area (Å²) < 4.78 is 62.3. The van der Waals surface area contributed by atoms with E-state index in [-0.39, 0.29) is 12.1 Å². The van der Waals surface area contributed by atoms with Crippen LogP contribution in [0.15, 0.2) is 47.6 Å². The van der Waals surface area contributed by atoms with E-state index in [2.05, 4.69) is 9.85 Å². The van der Waals surface area contributed by atoms with Gasteiger partial charge in [0, 0.05) is 23.7 Å². The molecule has 0 saturated carbocycles. The first-order chi connectivity index (χ1) is 15.1. The number of rotatable bonds is 6. The monoisotopic (exact) mass is 465 g/mol. The quantitative estimate of drug-likeness (QED) is 0.504. The number of halogens is 2. The Bertz CT molecular complexity index is 1130. The Morgan fingerprint density at radius 3 is 2.47 bits per heavy atom. The van der Waals surface area contributed by atoms with Crippen molar-refractivity contribution in [3.63, 3.8) is 0 Å². The molecule has 1 aliphatic heterocycles. The Kier molecular flexibility index (Phi) is 6.75. The summed E-state index contributed by atoms with van der Waals surface area (Å²) in [5.41, 5.74) is 5.25. The van der Waals surface area contributed by atoms with Crippen LogP contribution in [-0.4, -0.2) is 31.8 Å². The van der Waals surface area contributed by atoms with Gasteiger partial charge in [-0.2, -0.15) is 9.42 Å². The minimum atomic E-state index is -3.83. The minimum absolute atomic E-state index is 0.174. The number of ether oxygens (including phenoxy) is 1. The number of nitrogens with zero attached hydrogens (tertiary/aromatic N) is 2. The summed E-state index contributed by atoms with van der Waals surface area (Å²) in [5, 5.41) is 2.38. The number of carbonyl (C=O) groups excluding carboxylic acids is 1. The van der Waals surface area contributed by atoms with Gasteiger partial charge >= 0.3 is 5.97 Å². The SMILES string of the molecule is COC(=O)C(C)(N=N)c1cc(F)c(CN2[C@@H](C)CC[C@H](c3ccccc3)S2(=O)=O)cc1F. The number of benzene rings is 2. The maximum absolute atomic E-state index is 15.0. The van der Waals surface area contributed by atoms with Crippen molar-refractivity contribution < 1.29 is 26.7 Å².